The largest absolute Gasteiger partial charge is 0.489 e. The van der Waals surface area contributed by atoms with E-state index in [1.807, 2.05) is 41.0 Å². The van der Waals surface area contributed by atoms with Gasteiger partial charge in [-0.25, -0.2) is 4.98 Å². The van der Waals surface area contributed by atoms with E-state index in [1.54, 1.807) is 0 Å². The van der Waals surface area contributed by atoms with Crippen LogP contribution in [0.4, 0.5) is 0 Å². The van der Waals surface area contributed by atoms with Gasteiger partial charge in [0.1, 0.15) is 12.4 Å². The van der Waals surface area contributed by atoms with Crippen molar-refractivity contribution in [3.63, 3.8) is 0 Å². The van der Waals surface area contributed by atoms with Crippen LogP contribution < -0.4 is 4.74 Å². The number of ether oxygens (including phenoxy) is 1. The molecule has 130 valence electrons. The van der Waals surface area contributed by atoms with Crippen molar-refractivity contribution < 1.29 is 14.6 Å². The first-order valence-corrected chi connectivity index (χ1v) is 8.94. The minimum absolute atomic E-state index is 0.00349. The lowest BCUT2D eigenvalue weighted by Gasteiger charge is -2.07. The first-order valence-electron chi connectivity index (χ1n) is 8.06. The summed E-state index contributed by atoms with van der Waals surface area (Å²) in [6, 6.07) is 7.80. The maximum Gasteiger partial charge on any atom is 0.309 e. The molecule has 2 heterocycles. The molecular weight excluding hydrogens is 336 g/mol. The Hall–Kier alpha value is -2.60. The summed E-state index contributed by atoms with van der Waals surface area (Å²) < 4.78 is 7.61. The first-order chi connectivity index (χ1) is 12.0. The van der Waals surface area contributed by atoms with E-state index in [-0.39, 0.29) is 6.42 Å². The zero-order valence-corrected chi connectivity index (χ0v) is 15.1. The fraction of sp³-hybridized carbons (Fsp3) is 0.263. The van der Waals surface area contributed by atoms with E-state index < -0.39 is 5.97 Å². The molecule has 0 atom stereocenters. The van der Waals surface area contributed by atoms with Crippen LogP contribution in [0, 0.1) is 0 Å². The number of nitrogens with zero attached hydrogens (tertiary/aromatic N) is 2. The molecule has 0 fully saturated rings. The number of carbonyl (C=O) groups is 1. The Bertz CT molecular complexity index is 922. The van der Waals surface area contributed by atoms with Crippen molar-refractivity contribution in [1.82, 2.24) is 9.38 Å². The summed E-state index contributed by atoms with van der Waals surface area (Å²) in [6.45, 7) is 8.31. The van der Waals surface area contributed by atoms with Crippen molar-refractivity contribution in [2.45, 2.75) is 26.7 Å². The number of fused-ring (bicyclic) bond motifs is 1. The molecule has 2 aromatic heterocycles. The molecule has 0 aliphatic heterocycles. The highest BCUT2D eigenvalue weighted by Crippen LogP contribution is 2.30. The van der Waals surface area contributed by atoms with Crippen molar-refractivity contribution in [2.75, 3.05) is 6.61 Å². The molecule has 0 spiro atoms. The molecule has 0 saturated carbocycles. The van der Waals surface area contributed by atoms with E-state index >= 15 is 0 Å². The molecule has 0 saturated heterocycles. The van der Waals surface area contributed by atoms with Gasteiger partial charge in [-0.15, -0.1) is 11.3 Å². The SMILES string of the molecule is C=C(C)COc1ccc(-c2nc3scc(CC(=O)O)n3c2CC)cc1. The van der Waals surface area contributed by atoms with E-state index in [0.29, 0.717) is 6.61 Å². The van der Waals surface area contributed by atoms with E-state index in [9.17, 15) is 4.79 Å². The Morgan fingerprint density at radius 2 is 2.08 bits per heavy atom. The first kappa shape index (κ1) is 17.2. The van der Waals surface area contributed by atoms with Gasteiger partial charge in [0, 0.05) is 16.6 Å². The molecule has 6 heteroatoms. The van der Waals surface area contributed by atoms with Gasteiger partial charge in [-0.2, -0.15) is 0 Å². The summed E-state index contributed by atoms with van der Waals surface area (Å²) in [5.41, 5.74) is 4.66. The van der Waals surface area contributed by atoms with E-state index in [2.05, 4.69) is 13.5 Å². The summed E-state index contributed by atoms with van der Waals surface area (Å²) in [4.78, 5) is 16.6. The second-order valence-electron chi connectivity index (χ2n) is 5.95. The molecule has 25 heavy (non-hydrogen) atoms. The molecule has 0 radical (unpaired) electrons. The zero-order valence-electron chi connectivity index (χ0n) is 14.3. The number of aromatic nitrogens is 2. The average Bonchev–Trinajstić information content (AvgIpc) is 3.12. The maximum absolute atomic E-state index is 11.1. The molecule has 0 aliphatic carbocycles. The van der Waals surface area contributed by atoms with Crippen LogP contribution in [0.1, 0.15) is 25.2 Å². The molecule has 5 nitrogen and oxygen atoms in total. The third kappa shape index (κ3) is 3.58. The highest BCUT2D eigenvalue weighted by molar-refractivity contribution is 7.15. The van der Waals surface area contributed by atoms with Crippen LogP contribution in [-0.4, -0.2) is 27.1 Å². The molecular formula is C19H20N2O3S. The molecule has 0 unspecified atom stereocenters. The molecule has 0 amide bonds. The monoisotopic (exact) mass is 356 g/mol. The van der Waals surface area contributed by atoms with Crippen LogP contribution in [0.3, 0.4) is 0 Å². The van der Waals surface area contributed by atoms with E-state index in [1.165, 1.54) is 11.3 Å². The third-order valence-electron chi connectivity index (χ3n) is 3.81. The number of aryl methyl sites for hydroxylation is 1. The number of hydrogen-bond acceptors (Lipinski definition) is 4. The van der Waals surface area contributed by atoms with Gasteiger partial charge in [0.05, 0.1) is 17.8 Å². The number of aliphatic carboxylic acids is 1. The van der Waals surface area contributed by atoms with Crippen molar-refractivity contribution in [3.05, 3.63) is 53.2 Å². The van der Waals surface area contributed by atoms with Crippen LogP contribution in [0.2, 0.25) is 0 Å². The Morgan fingerprint density at radius 1 is 1.36 bits per heavy atom. The number of hydrogen-bond donors (Lipinski definition) is 1. The lowest BCUT2D eigenvalue weighted by molar-refractivity contribution is -0.136. The van der Waals surface area contributed by atoms with Gasteiger partial charge in [0.15, 0.2) is 4.96 Å². The summed E-state index contributed by atoms with van der Waals surface area (Å²) in [5.74, 6) is -0.0478. The quantitative estimate of drug-likeness (QED) is 0.644. The number of thiazole rings is 1. The van der Waals surface area contributed by atoms with Crippen LogP contribution in [0.25, 0.3) is 16.2 Å². The highest BCUT2D eigenvalue weighted by Gasteiger charge is 2.18. The normalized spacial score (nSPS) is 11.0. The lowest BCUT2D eigenvalue weighted by Crippen LogP contribution is -2.04. The van der Waals surface area contributed by atoms with Crippen LogP contribution in [0.5, 0.6) is 5.75 Å². The van der Waals surface area contributed by atoms with Gasteiger partial charge in [-0.05, 0) is 43.2 Å². The zero-order chi connectivity index (χ0) is 18.0. The Morgan fingerprint density at radius 3 is 2.68 bits per heavy atom. The molecule has 0 bridgehead atoms. The number of rotatable bonds is 7. The van der Waals surface area contributed by atoms with E-state index in [4.69, 9.17) is 14.8 Å². The van der Waals surface area contributed by atoms with Gasteiger partial charge >= 0.3 is 5.97 Å². The molecule has 3 rings (SSSR count). The molecule has 1 aromatic carbocycles. The second kappa shape index (κ2) is 7.11. The van der Waals surface area contributed by atoms with Gasteiger partial charge < -0.3 is 9.84 Å². The highest BCUT2D eigenvalue weighted by atomic mass is 32.1. The van der Waals surface area contributed by atoms with Gasteiger partial charge in [0.25, 0.3) is 0 Å². The minimum atomic E-state index is -0.837. The van der Waals surface area contributed by atoms with Crippen LogP contribution in [0.15, 0.2) is 41.8 Å². The van der Waals surface area contributed by atoms with Crippen molar-refractivity contribution in [1.29, 1.82) is 0 Å². The average molecular weight is 356 g/mol. The Labute approximate surface area is 150 Å². The number of carboxylic acid groups (broad SMARTS) is 1. The molecule has 1 N–H and O–H groups in total. The fourth-order valence-corrected chi connectivity index (χ4v) is 3.64. The van der Waals surface area contributed by atoms with Crippen molar-refractivity contribution in [2.24, 2.45) is 0 Å². The van der Waals surface area contributed by atoms with Crippen LogP contribution in [-0.2, 0) is 17.6 Å². The predicted molar refractivity (Wildman–Crippen MR) is 99.5 cm³/mol. The smallest absolute Gasteiger partial charge is 0.309 e. The minimum Gasteiger partial charge on any atom is -0.489 e. The second-order valence-corrected chi connectivity index (χ2v) is 6.78. The third-order valence-corrected chi connectivity index (χ3v) is 4.68. The van der Waals surface area contributed by atoms with Gasteiger partial charge in [-0.1, -0.05) is 13.5 Å². The Kier molecular flexibility index (Phi) is 4.90. The summed E-state index contributed by atoms with van der Waals surface area (Å²) in [7, 11) is 0. The summed E-state index contributed by atoms with van der Waals surface area (Å²) in [6.07, 6.45) is 0.768. The van der Waals surface area contributed by atoms with Crippen molar-refractivity contribution in [3.8, 4) is 17.0 Å². The number of imidazole rings is 1. The predicted octanol–water partition coefficient (Wildman–Crippen LogP) is 4.21. The number of carboxylic acids is 1. The van der Waals surface area contributed by atoms with Crippen LogP contribution >= 0.6 is 11.3 Å². The van der Waals surface area contributed by atoms with E-state index in [0.717, 1.165) is 45.3 Å². The topological polar surface area (TPSA) is 63.8 Å². The summed E-state index contributed by atoms with van der Waals surface area (Å²) in [5, 5.41) is 11.0. The lowest BCUT2D eigenvalue weighted by atomic mass is 10.1. The molecule has 0 aliphatic rings. The van der Waals surface area contributed by atoms with Crippen molar-refractivity contribution >= 4 is 22.3 Å². The maximum atomic E-state index is 11.1. The number of benzene rings is 1. The summed E-state index contributed by atoms with van der Waals surface area (Å²) >= 11 is 1.47. The fourth-order valence-electron chi connectivity index (χ4n) is 2.73. The van der Waals surface area contributed by atoms with Gasteiger partial charge in [-0.3, -0.25) is 9.20 Å². The Balaban J connectivity index is 1.96. The molecule has 3 aromatic rings. The standard InChI is InChI=1S/C19H20N2O3S/c1-4-16-18(13-5-7-15(8-6-13)24-10-12(2)3)20-19-21(16)14(11-25-19)9-17(22)23/h5-8,11H,2,4,9-10H2,1,3H3,(H,22,23). The van der Waals surface area contributed by atoms with Gasteiger partial charge in [0.2, 0.25) is 0 Å².